The van der Waals surface area contributed by atoms with Crippen LogP contribution in [0, 0.1) is 0 Å². The van der Waals surface area contributed by atoms with E-state index in [0.29, 0.717) is 29.0 Å². The third-order valence-electron chi connectivity index (χ3n) is 2.37. The fourth-order valence-electron chi connectivity index (χ4n) is 1.60. The molecule has 4 nitrogen and oxygen atoms in total. The van der Waals surface area contributed by atoms with Gasteiger partial charge in [0.15, 0.2) is 0 Å². The standard InChI is InChI=1S/C11H12F2N4/c12-11(13)17-9(1-4-14)7-10(16-17)8-2-5-15-6-3-8/h2-3,5-7,11H,1,4,14H2. The van der Waals surface area contributed by atoms with Crippen LogP contribution in [-0.4, -0.2) is 21.3 Å². The predicted molar refractivity (Wildman–Crippen MR) is 59.5 cm³/mol. The van der Waals surface area contributed by atoms with Crippen molar-refractivity contribution in [1.29, 1.82) is 0 Å². The molecule has 0 radical (unpaired) electrons. The minimum Gasteiger partial charge on any atom is -0.330 e. The Kier molecular flexibility index (Phi) is 3.43. The lowest BCUT2D eigenvalue weighted by Gasteiger charge is -2.03. The van der Waals surface area contributed by atoms with Crippen molar-refractivity contribution in [3.05, 3.63) is 36.3 Å². The van der Waals surface area contributed by atoms with Crippen LogP contribution in [0.1, 0.15) is 12.2 Å². The Hall–Kier alpha value is -1.82. The van der Waals surface area contributed by atoms with Crippen molar-refractivity contribution in [2.75, 3.05) is 6.54 Å². The van der Waals surface area contributed by atoms with Crippen molar-refractivity contribution in [2.45, 2.75) is 13.0 Å². The molecular formula is C11H12F2N4. The van der Waals surface area contributed by atoms with Gasteiger partial charge in [0.25, 0.3) is 0 Å². The number of rotatable bonds is 4. The van der Waals surface area contributed by atoms with Gasteiger partial charge in [0.2, 0.25) is 0 Å². The SMILES string of the molecule is NCCc1cc(-c2ccncc2)nn1C(F)F. The third-order valence-corrected chi connectivity index (χ3v) is 2.37. The van der Waals surface area contributed by atoms with Crippen LogP contribution in [0.5, 0.6) is 0 Å². The normalized spacial score (nSPS) is 11.1. The maximum absolute atomic E-state index is 12.7. The van der Waals surface area contributed by atoms with Crippen molar-refractivity contribution < 1.29 is 8.78 Å². The third kappa shape index (κ3) is 2.47. The molecule has 0 aliphatic rings. The minimum absolute atomic E-state index is 0.314. The zero-order valence-corrected chi connectivity index (χ0v) is 9.05. The first-order valence-corrected chi connectivity index (χ1v) is 5.19. The highest BCUT2D eigenvalue weighted by atomic mass is 19.3. The van der Waals surface area contributed by atoms with Crippen molar-refractivity contribution in [3.63, 3.8) is 0 Å². The van der Waals surface area contributed by atoms with Crippen LogP contribution < -0.4 is 5.73 Å². The van der Waals surface area contributed by atoms with E-state index >= 15 is 0 Å². The monoisotopic (exact) mass is 238 g/mol. The molecule has 2 heterocycles. The molecule has 2 N–H and O–H groups in total. The maximum atomic E-state index is 12.7. The summed E-state index contributed by atoms with van der Waals surface area (Å²) in [5, 5.41) is 3.88. The van der Waals surface area contributed by atoms with Gasteiger partial charge in [-0.3, -0.25) is 4.98 Å². The van der Waals surface area contributed by atoms with Crippen molar-refractivity contribution in [2.24, 2.45) is 5.73 Å². The van der Waals surface area contributed by atoms with Crippen LogP contribution in [0.4, 0.5) is 8.78 Å². The predicted octanol–water partition coefficient (Wildman–Crippen LogP) is 1.84. The van der Waals surface area contributed by atoms with Crippen molar-refractivity contribution in [3.8, 4) is 11.3 Å². The van der Waals surface area contributed by atoms with E-state index in [1.807, 2.05) is 0 Å². The van der Waals surface area contributed by atoms with E-state index in [1.54, 1.807) is 30.6 Å². The second-order valence-corrected chi connectivity index (χ2v) is 3.52. The number of hydrogen-bond donors (Lipinski definition) is 1. The zero-order chi connectivity index (χ0) is 12.3. The lowest BCUT2D eigenvalue weighted by Crippen LogP contribution is -2.10. The largest absolute Gasteiger partial charge is 0.333 e. The lowest BCUT2D eigenvalue weighted by molar-refractivity contribution is 0.0538. The molecule has 0 amide bonds. The van der Waals surface area contributed by atoms with E-state index in [0.717, 1.165) is 5.56 Å². The number of nitrogens with zero attached hydrogens (tertiary/aromatic N) is 3. The topological polar surface area (TPSA) is 56.7 Å². The molecule has 2 aromatic heterocycles. The van der Waals surface area contributed by atoms with Crippen LogP contribution in [-0.2, 0) is 6.42 Å². The molecule has 0 saturated carbocycles. The number of halogens is 2. The smallest absolute Gasteiger partial charge is 0.330 e. The fourth-order valence-corrected chi connectivity index (χ4v) is 1.60. The van der Waals surface area contributed by atoms with E-state index in [1.165, 1.54) is 0 Å². The summed E-state index contributed by atoms with van der Waals surface area (Å²) in [7, 11) is 0. The first kappa shape index (κ1) is 11.7. The number of alkyl halides is 2. The molecule has 0 unspecified atom stereocenters. The van der Waals surface area contributed by atoms with Gasteiger partial charge in [-0.25, -0.2) is 4.68 Å². The van der Waals surface area contributed by atoms with E-state index in [2.05, 4.69) is 10.1 Å². The Morgan fingerprint density at radius 2 is 2.00 bits per heavy atom. The van der Waals surface area contributed by atoms with Crippen molar-refractivity contribution in [1.82, 2.24) is 14.8 Å². The highest BCUT2D eigenvalue weighted by molar-refractivity contribution is 5.58. The van der Waals surface area contributed by atoms with Gasteiger partial charge in [0.05, 0.1) is 5.69 Å². The van der Waals surface area contributed by atoms with Crippen LogP contribution >= 0.6 is 0 Å². The first-order valence-electron chi connectivity index (χ1n) is 5.19. The Bertz CT molecular complexity index is 481. The van der Waals surface area contributed by atoms with Gasteiger partial charge in [-0.05, 0) is 24.7 Å². The summed E-state index contributed by atoms with van der Waals surface area (Å²) in [5.74, 6) is 0. The Balaban J connectivity index is 2.40. The van der Waals surface area contributed by atoms with Crippen LogP contribution in [0.2, 0.25) is 0 Å². The molecule has 0 saturated heterocycles. The summed E-state index contributed by atoms with van der Waals surface area (Å²) >= 11 is 0. The summed E-state index contributed by atoms with van der Waals surface area (Å²) in [6.45, 7) is -2.33. The molecule has 6 heteroatoms. The molecule has 0 bridgehead atoms. The van der Waals surface area contributed by atoms with E-state index in [4.69, 9.17) is 5.73 Å². The molecule has 0 aliphatic heterocycles. The molecule has 0 aromatic carbocycles. The van der Waals surface area contributed by atoms with Crippen LogP contribution in [0.3, 0.4) is 0 Å². The lowest BCUT2D eigenvalue weighted by atomic mass is 10.2. The van der Waals surface area contributed by atoms with Gasteiger partial charge in [-0.2, -0.15) is 13.9 Å². The average molecular weight is 238 g/mol. The molecular weight excluding hydrogens is 226 g/mol. The minimum atomic E-state index is -2.65. The number of pyridine rings is 1. The van der Waals surface area contributed by atoms with Gasteiger partial charge in [-0.1, -0.05) is 0 Å². The summed E-state index contributed by atoms with van der Waals surface area (Å²) < 4.78 is 26.2. The highest BCUT2D eigenvalue weighted by Crippen LogP contribution is 2.22. The van der Waals surface area contributed by atoms with E-state index in [-0.39, 0.29) is 0 Å². The van der Waals surface area contributed by atoms with E-state index in [9.17, 15) is 8.78 Å². The summed E-state index contributed by atoms with van der Waals surface area (Å²) in [4.78, 5) is 3.87. The highest BCUT2D eigenvalue weighted by Gasteiger charge is 2.15. The Morgan fingerprint density at radius 3 is 2.59 bits per heavy atom. The van der Waals surface area contributed by atoms with Gasteiger partial charge in [0.1, 0.15) is 0 Å². The number of nitrogens with two attached hydrogens (primary N) is 1. The van der Waals surface area contributed by atoms with Gasteiger partial charge < -0.3 is 5.73 Å². The second kappa shape index (κ2) is 5.01. The Morgan fingerprint density at radius 1 is 1.29 bits per heavy atom. The molecule has 0 atom stereocenters. The average Bonchev–Trinajstić information content (AvgIpc) is 2.75. The van der Waals surface area contributed by atoms with Crippen LogP contribution in [0.25, 0.3) is 11.3 Å². The summed E-state index contributed by atoms with van der Waals surface area (Å²) in [5.41, 5.74) is 7.09. The molecule has 2 rings (SSSR count). The maximum Gasteiger partial charge on any atom is 0.333 e. The molecule has 0 aliphatic carbocycles. The van der Waals surface area contributed by atoms with E-state index < -0.39 is 6.55 Å². The summed E-state index contributed by atoms with van der Waals surface area (Å²) in [6.07, 6.45) is 3.57. The van der Waals surface area contributed by atoms with Gasteiger partial charge in [0, 0.05) is 30.1 Å². The van der Waals surface area contributed by atoms with Gasteiger partial charge in [-0.15, -0.1) is 0 Å². The summed E-state index contributed by atoms with van der Waals surface area (Å²) in [6, 6.07) is 5.09. The van der Waals surface area contributed by atoms with Gasteiger partial charge >= 0.3 is 6.55 Å². The molecule has 0 fully saturated rings. The number of hydrogen-bond acceptors (Lipinski definition) is 3. The first-order chi connectivity index (χ1) is 8.22. The van der Waals surface area contributed by atoms with Crippen LogP contribution in [0.15, 0.2) is 30.6 Å². The fraction of sp³-hybridized carbons (Fsp3) is 0.273. The second-order valence-electron chi connectivity index (χ2n) is 3.52. The molecule has 90 valence electrons. The number of aromatic nitrogens is 3. The Labute approximate surface area is 97.1 Å². The van der Waals surface area contributed by atoms with Crippen molar-refractivity contribution >= 4 is 0 Å². The molecule has 0 spiro atoms. The zero-order valence-electron chi connectivity index (χ0n) is 9.05. The quantitative estimate of drug-likeness (QED) is 0.884. The molecule has 17 heavy (non-hydrogen) atoms. The molecule has 2 aromatic rings.